The molecule has 0 bridgehead atoms. The van der Waals surface area contributed by atoms with Crippen LogP contribution in [0.15, 0.2) is 78.9 Å². The summed E-state index contributed by atoms with van der Waals surface area (Å²) >= 11 is 0. The van der Waals surface area contributed by atoms with E-state index in [4.69, 9.17) is 9.47 Å². The summed E-state index contributed by atoms with van der Waals surface area (Å²) in [5.74, 6) is -1.21. The highest BCUT2D eigenvalue weighted by Gasteiger charge is 2.36. The molecule has 3 heterocycles. The van der Waals surface area contributed by atoms with Crippen LogP contribution in [-0.4, -0.2) is 63.7 Å². The van der Waals surface area contributed by atoms with Gasteiger partial charge in [-0.1, -0.05) is 66.7 Å². The maximum atomic E-state index is 13.2. The van der Waals surface area contributed by atoms with Crippen LogP contribution in [0.4, 0.5) is 0 Å². The largest absolute Gasteiger partial charge is 0.459 e. The first-order valence-corrected chi connectivity index (χ1v) is 14.4. The third kappa shape index (κ3) is 7.40. The van der Waals surface area contributed by atoms with Crippen molar-refractivity contribution in [2.75, 3.05) is 13.1 Å². The van der Waals surface area contributed by atoms with Crippen molar-refractivity contribution in [1.29, 1.82) is 0 Å². The maximum absolute atomic E-state index is 13.2. The number of hydrogen-bond donors (Lipinski definition) is 0. The standard InChI is InChI=1S/C33H35N3O6/c37-30(35-18-8-16-28(35)32(39)41-22-24-10-3-1-4-11-24)20-26-14-7-15-27(34-26)21-31(38)36-19-9-17-29(36)33(40)42-23-25-12-5-2-6-13-25/h1-7,10-15,28-29H,8-9,16-23H2/t28-,29-/m1/s1. The average Bonchev–Trinajstić information content (AvgIpc) is 3.71. The lowest BCUT2D eigenvalue weighted by Crippen LogP contribution is -2.42. The van der Waals surface area contributed by atoms with E-state index >= 15 is 0 Å². The number of esters is 2. The second kappa shape index (κ2) is 13.9. The normalized spacial score (nSPS) is 18.1. The van der Waals surface area contributed by atoms with E-state index in [9.17, 15) is 19.2 Å². The van der Waals surface area contributed by atoms with Gasteiger partial charge in [-0.2, -0.15) is 0 Å². The number of likely N-dealkylation sites (tertiary alicyclic amines) is 2. The van der Waals surface area contributed by atoms with Gasteiger partial charge in [-0.3, -0.25) is 14.6 Å². The predicted octanol–water partition coefficient (Wildman–Crippen LogP) is 3.64. The van der Waals surface area contributed by atoms with Crippen LogP contribution < -0.4 is 0 Å². The molecule has 0 N–H and O–H groups in total. The van der Waals surface area contributed by atoms with Crippen molar-refractivity contribution in [1.82, 2.24) is 14.8 Å². The Morgan fingerprint density at radius 2 is 1.05 bits per heavy atom. The highest BCUT2D eigenvalue weighted by Crippen LogP contribution is 2.22. The Morgan fingerprint density at radius 3 is 1.48 bits per heavy atom. The molecular weight excluding hydrogens is 534 g/mol. The van der Waals surface area contributed by atoms with Crippen molar-refractivity contribution in [3.63, 3.8) is 0 Å². The van der Waals surface area contributed by atoms with Crippen molar-refractivity contribution < 1.29 is 28.7 Å². The lowest BCUT2D eigenvalue weighted by molar-refractivity contribution is -0.154. The molecular formula is C33H35N3O6. The Hall–Kier alpha value is -4.53. The van der Waals surface area contributed by atoms with Crippen LogP contribution in [0.3, 0.4) is 0 Å². The van der Waals surface area contributed by atoms with E-state index in [-0.39, 0.29) is 37.9 Å². The number of amides is 2. The van der Waals surface area contributed by atoms with Crippen molar-refractivity contribution in [2.24, 2.45) is 0 Å². The van der Waals surface area contributed by atoms with E-state index < -0.39 is 24.0 Å². The molecule has 2 saturated heterocycles. The second-order valence-electron chi connectivity index (χ2n) is 10.7. The summed E-state index contributed by atoms with van der Waals surface area (Å²) in [6.45, 7) is 1.30. The molecule has 5 rings (SSSR count). The van der Waals surface area contributed by atoms with E-state index in [2.05, 4.69) is 4.98 Å². The number of aromatic nitrogens is 1. The number of rotatable bonds is 10. The van der Waals surface area contributed by atoms with Gasteiger partial charge in [0.1, 0.15) is 25.3 Å². The summed E-state index contributed by atoms with van der Waals surface area (Å²) < 4.78 is 11.0. The molecule has 2 atom stereocenters. The monoisotopic (exact) mass is 569 g/mol. The van der Waals surface area contributed by atoms with Gasteiger partial charge >= 0.3 is 11.9 Å². The lowest BCUT2D eigenvalue weighted by Gasteiger charge is -2.24. The van der Waals surface area contributed by atoms with Gasteiger partial charge in [0.15, 0.2) is 0 Å². The first-order valence-electron chi connectivity index (χ1n) is 14.4. The fraction of sp³-hybridized carbons (Fsp3) is 0.364. The topological polar surface area (TPSA) is 106 Å². The highest BCUT2D eigenvalue weighted by atomic mass is 16.5. The van der Waals surface area contributed by atoms with Crippen molar-refractivity contribution in [3.05, 3.63) is 101 Å². The fourth-order valence-electron chi connectivity index (χ4n) is 5.51. The lowest BCUT2D eigenvalue weighted by atomic mass is 10.1. The van der Waals surface area contributed by atoms with Gasteiger partial charge in [-0.25, -0.2) is 9.59 Å². The number of carbonyl (C=O) groups excluding carboxylic acids is 4. The second-order valence-corrected chi connectivity index (χ2v) is 10.7. The smallest absolute Gasteiger partial charge is 0.329 e. The zero-order valence-corrected chi connectivity index (χ0v) is 23.5. The van der Waals surface area contributed by atoms with Gasteiger partial charge in [-0.15, -0.1) is 0 Å². The Bertz CT molecular complexity index is 1290. The highest BCUT2D eigenvalue weighted by molar-refractivity contribution is 5.87. The van der Waals surface area contributed by atoms with Crippen molar-refractivity contribution in [3.8, 4) is 0 Å². The van der Waals surface area contributed by atoms with Gasteiger partial charge in [0.05, 0.1) is 24.2 Å². The molecule has 0 aliphatic carbocycles. The fourth-order valence-corrected chi connectivity index (χ4v) is 5.51. The minimum absolute atomic E-state index is 0.0165. The number of benzene rings is 2. The number of hydrogen-bond acceptors (Lipinski definition) is 7. The maximum Gasteiger partial charge on any atom is 0.329 e. The molecule has 2 aliphatic rings. The van der Waals surface area contributed by atoms with Crippen LogP contribution in [-0.2, 0) is 54.7 Å². The molecule has 0 saturated carbocycles. The summed E-state index contributed by atoms with van der Waals surface area (Å²) in [7, 11) is 0. The van der Waals surface area contributed by atoms with E-state index in [0.29, 0.717) is 37.3 Å². The van der Waals surface area contributed by atoms with Gasteiger partial charge in [0.25, 0.3) is 0 Å². The molecule has 42 heavy (non-hydrogen) atoms. The molecule has 0 unspecified atom stereocenters. The zero-order valence-electron chi connectivity index (χ0n) is 23.5. The first kappa shape index (κ1) is 29.0. The zero-order chi connectivity index (χ0) is 29.3. The summed E-state index contributed by atoms with van der Waals surface area (Å²) in [6.07, 6.45) is 2.61. The Kier molecular flexibility index (Phi) is 9.59. The third-order valence-corrected chi connectivity index (χ3v) is 7.67. The van der Waals surface area contributed by atoms with Crippen molar-refractivity contribution in [2.45, 2.75) is 63.8 Å². The van der Waals surface area contributed by atoms with Gasteiger partial charge < -0.3 is 19.3 Å². The Labute approximate surface area is 245 Å². The van der Waals surface area contributed by atoms with Crippen LogP contribution >= 0.6 is 0 Å². The minimum Gasteiger partial charge on any atom is -0.459 e. The van der Waals surface area contributed by atoms with E-state index in [1.807, 2.05) is 60.7 Å². The summed E-state index contributed by atoms with van der Waals surface area (Å²) in [5, 5.41) is 0. The molecule has 0 spiro atoms. The van der Waals surface area contributed by atoms with Gasteiger partial charge in [0, 0.05) is 13.1 Å². The molecule has 0 radical (unpaired) electrons. The Morgan fingerprint density at radius 1 is 0.619 bits per heavy atom. The van der Waals surface area contributed by atoms with Crippen molar-refractivity contribution >= 4 is 23.8 Å². The molecule has 2 fully saturated rings. The number of pyridine rings is 1. The number of ether oxygens (including phenoxy) is 2. The molecule has 2 amide bonds. The number of carbonyl (C=O) groups is 4. The first-order chi connectivity index (χ1) is 20.5. The van der Waals surface area contributed by atoms with Gasteiger partial charge in [-0.05, 0) is 48.9 Å². The van der Waals surface area contributed by atoms with Crippen LogP contribution in [0.25, 0.3) is 0 Å². The summed E-state index contributed by atoms with van der Waals surface area (Å²) in [6, 6.07) is 22.9. The summed E-state index contributed by atoms with van der Waals surface area (Å²) in [5.41, 5.74) is 2.82. The molecule has 1 aromatic heterocycles. The summed E-state index contributed by atoms with van der Waals surface area (Å²) in [4.78, 5) is 59.6. The average molecular weight is 570 g/mol. The number of nitrogens with zero attached hydrogens (tertiary/aromatic N) is 3. The van der Waals surface area contributed by atoms with Crippen LogP contribution in [0, 0.1) is 0 Å². The van der Waals surface area contributed by atoms with Crippen LogP contribution in [0.5, 0.6) is 0 Å². The SMILES string of the molecule is O=C(OCc1ccccc1)[C@H]1CCCN1C(=O)Cc1cccc(CC(=O)N2CCC[C@@H]2C(=O)OCc2ccccc2)n1. The van der Waals surface area contributed by atoms with E-state index in [1.54, 1.807) is 28.0 Å². The third-order valence-electron chi connectivity index (χ3n) is 7.67. The Balaban J connectivity index is 1.14. The molecule has 2 aromatic carbocycles. The van der Waals surface area contributed by atoms with Crippen LogP contribution in [0.2, 0.25) is 0 Å². The van der Waals surface area contributed by atoms with E-state index in [0.717, 1.165) is 24.0 Å². The molecule has 9 heteroatoms. The molecule has 2 aliphatic heterocycles. The minimum atomic E-state index is -0.611. The van der Waals surface area contributed by atoms with Crippen LogP contribution in [0.1, 0.15) is 48.2 Å². The molecule has 218 valence electrons. The predicted molar refractivity (Wildman–Crippen MR) is 154 cm³/mol. The van der Waals surface area contributed by atoms with Gasteiger partial charge in [0.2, 0.25) is 11.8 Å². The van der Waals surface area contributed by atoms with E-state index in [1.165, 1.54) is 0 Å². The quantitative estimate of drug-likeness (QED) is 0.343. The molecule has 3 aromatic rings. The molecule has 9 nitrogen and oxygen atoms in total.